The fourth-order valence-corrected chi connectivity index (χ4v) is 1.94. The van der Waals surface area contributed by atoms with Crippen LogP contribution in [-0.2, 0) is 13.0 Å². The smallest absolute Gasteiger partial charge is 0.224 e. The van der Waals surface area contributed by atoms with Crippen LogP contribution >= 0.6 is 11.6 Å². The number of halogens is 1. The molecule has 0 spiro atoms. The molecule has 0 atom stereocenters. The molecule has 0 saturated heterocycles. The van der Waals surface area contributed by atoms with Crippen LogP contribution in [0.5, 0.6) is 0 Å². The van der Waals surface area contributed by atoms with Crippen molar-refractivity contribution >= 4 is 17.4 Å². The van der Waals surface area contributed by atoms with Gasteiger partial charge in [0.2, 0.25) is 5.28 Å². The van der Waals surface area contributed by atoms with E-state index in [4.69, 9.17) is 11.6 Å². The number of hydrogen-bond acceptors (Lipinski definition) is 4. The third-order valence-electron chi connectivity index (χ3n) is 2.72. The van der Waals surface area contributed by atoms with Crippen LogP contribution in [0.1, 0.15) is 18.2 Å². The quantitative estimate of drug-likeness (QED) is 0.771. The lowest BCUT2D eigenvalue weighted by atomic mass is 10.1. The molecule has 2 rings (SSSR count). The average molecular weight is 227 g/mol. The summed E-state index contributed by atoms with van der Waals surface area (Å²) in [6.07, 6.45) is 0.933. The van der Waals surface area contributed by atoms with Gasteiger partial charge >= 0.3 is 0 Å². The van der Waals surface area contributed by atoms with Crippen molar-refractivity contribution in [2.24, 2.45) is 0 Å². The molecule has 0 saturated carbocycles. The summed E-state index contributed by atoms with van der Waals surface area (Å²) < 4.78 is 0. The molecule has 0 aromatic carbocycles. The molecule has 1 aromatic rings. The molecule has 4 nitrogen and oxygen atoms in total. The van der Waals surface area contributed by atoms with E-state index in [1.54, 1.807) is 0 Å². The number of hydrogen-bond donors (Lipinski definition) is 1. The van der Waals surface area contributed by atoms with E-state index in [9.17, 15) is 0 Å². The zero-order chi connectivity index (χ0) is 10.8. The minimum absolute atomic E-state index is 0.353. The zero-order valence-electron chi connectivity index (χ0n) is 9.05. The van der Waals surface area contributed by atoms with Crippen molar-refractivity contribution in [3.05, 3.63) is 16.5 Å². The third kappa shape index (κ3) is 2.06. The highest BCUT2D eigenvalue weighted by Crippen LogP contribution is 2.23. The molecule has 1 aliphatic heterocycles. The second-order valence-electron chi connectivity index (χ2n) is 3.68. The van der Waals surface area contributed by atoms with Gasteiger partial charge in [-0.3, -0.25) is 0 Å². The molecule has 5 heteroatoms. The monoisotopic (exact) mass is 226 g/mol. The van der Waals surface area contributed by atoms with Crippen molar-refractivity contribution in [1.29, 1.82) is 0 Å². The maximum atomic E-state index is 5.91. The Bertz CT molecular complexity index is 367. The number of anilines is 1. The molecule has 1 N–H and O–H groups in total. The van der Waals surface area contributed by atoms with Crippen LogP contribution in [0.15, 0.2) is 0 Å². The third-order valence-corrected chi connectivity index (χ3v) is 2.89. The Kier molecular flexibility index (Phi) is 3.07. The Morgan fingerprint density at radius 2 is 2.27 bits per heavy atom. The predicted molar refractivity (Wildman–Crippen MR) is 61.4 cm³/mol. The summed E-state index contributed by atoms with van der Waals surface area (Å²) in [6.45, 7) is 4.82. The summed E-state index contributed by atoms with van der Waals surface area (Å²) >= 11 is 5.91. The summed E-state index contributed by atoms with van der Waals surface area (Å²) in [6, 6.07) is 0. The second kappa shape index (κ2) is 4.33. The van der Waals surface area contributed by atoms with Gasteiger partial charge in [-0.1, -0.05) is 0 Å². The Morgan fingerprint density at radius 3 is 3.00 bits per heavy atom. The van der Waals surface area contributed by atoms with E-state index in [1.165, 1.54) is 5.56 Å². The van der Waals surface area contributed by atoms with Crippen LogP contribution in [0.25, 0.3) is 0 Å². The molecule has 15 heavy (non-hydrogen) atoms. The SMILES string of the molecule is CCN(C)c1nc(Cl)nc2c1CNCC2. The Hall–Kier alpha value is -0.870. The lowest BCUT2D eigenvalue weighted by Crippen LogP contribution is -2.29. The maximum absolute atomic E-state index is 5.91. The first-order valence-electron chi connectivity index (χ1n) is 5.19. The van der Waals surface area contributed by atoms with Crippen molar-refractivity contribution in [2.45, 2.75) is 19.9 Å². The van der Waals surface area contributed by atoms with Crippen LogP contribution in [0.3, 0.4) is 0 Å². The summed E-state index contributed by atoms with van der Waals surface area (Å²) in [7, 11) is 2.02. The first-order valence-corrected chi connectivity index (χ1v) is 5.57. The van der Waals surface area contributed by atoms with Gasteiger partial charge < -0.3 is 10.2 Å². The average Bonchev–Trinajstić information content (AvgIpc) is 2.26. The van der Waals surface area contributed by atoms with Crippen molar-refractivity contribution in [3.63, 3.8) is 0 Å². The normalized spacial score (nSPS) is 14.9. The van der Waals surface area contributed by atoms with Gasteiger partial charge in [-0.15, -0.1) is 0 Å². The zero-order valence-corrected chi connectivity index (χ0v) is 9.80. The molecule has 1 aliphatic rings. The van der Waals surface area contributed by atoms with Gasteiger partial charge in [0.05, 0.1) is 5.69 Å². The summed E-state index contributed by atoms with van der Waals surface area (Å²) in [5.74, 6) is 0.958. The standard InChI is InChI=1S/C10H15ClN4/c1-3-15(2)9-7-6-12-5-4-8(7)13-10(11)14-9/h12H,3-6H2,1-2H3. The van der Waals surface area contributed by atoms with Crippen LogP contribution in [0, 0.1) is 0 Å². The number of fused-ring (bicyclic) bond motifs is 1. The van der Waals surface area contributed by atoms with E-state index < -0.39 is 0 Å². The number of rotatable bonds is 2. The molecule has 0 amide bonds. The van der Waals surface area contributed by atoms with E-state index in [2.05, 4.69) is 27.1 Å². The Labute approximate surface area is 94.7 Å². The molecular weight excluding hydrogens is 212 g/mol. The lowest BCUT2D eigenvalue weighted by molar-refractivity contribution is 0.623. The summed E-state index contributed by atoms with van der Waals surface area (Å²) in [5.41, 5.74) is 2.28. The van der Waals surface area contributed by atoms with Crippen LogP contribution in [0.4, 0.5) is 5.82 Å². The maximum Gasteiger partial charge on any atom is 0.224 e. The van der Waals surface area contributed by atoms with Gasteiger partial charge in [-0.05, 0) is 18.5 Å². The molecule has 0 fully saturated rings. The highest BCUT2D eigenvalue weighted by Gasteiger charge is 2.18. The first-order chi connectivity index (χ1) is 7.22. The topological polar surface area (TPSA) is 41.1 Å². The second-order valence-corrected chi connectivity index (χ2v) is 4.02. The van der Waals surface area contributed by atoms with Gasteiger partial charge in [0.15, 0.2) is 0 Å². The summed E-state index contributed by atoms with van der Waals surface area (Å²) in [5, 5.41) is 3.68. The number of aromatic nitrogens is 2. The van der Waals surface area contributed by atoms with Crippen molar-refractivity contribution in [3.8, 4) is 0 Å². The molecular formula is C10H15ClN4. The van der Waals surface area contributed by atoms with Crippen molar-refractivity contribution < 1.29 is 0 Å². The minimum atomic E-state index is 0.353. The largest absolute Gasteiger partial charge is 0.360 e. The highest BCUT2D eigenvalue weighted by atomic mass is 35.5. The predicted octanol–water partition coefficient (Wildman–Crippen LogP) is 1.23. The molecule has 0 aliphatic carbocycles. The van der Waals surface area contributed by atoms with Crippen LogP contribution in [0.2, 0.25) is 5.28 Å². The molecule has 0 radical (unpaired) electrons. The van der Waals surface area contributed by atoms with Gasteiger partial charge in [-0.2, -0.15) is 0 Å². The van der Waals surface area contributed by atoms with Crippen molar-refractivity contribution in [2.75, 3.05) is 25.0 Å². The van der Waals surface area contributed by atoms with E-state index in [0.717, 1.165) is 37.6 Å². The molecule has 1 aromatic heterocycles. The fraction of sp³-hybridized carbons (Fsp3) is 0.600. The Morgan fingerprint density at radius 1 is 1.47 bits per heavy atom. The van der Waals surface area contributed by atoms with Gasteiger partial charge in [-0.25, -0.2) is 9.97 Å². The van der Waals surface area contributed by atoms with Crippen molar-refractivity contribution in [1.82, 2.24) is 15.3 Å². The molecule has 82 valence electrons. The van der Waals surface area contributed by atoms with E-state index in [-0.39, 0.29) is 0 Å². The van der Waals surface area contributed by atoms with E-state index in [0.29, 0.717) is 5.28 Å². The van der Waals surface area contributed by atoms with Crippen LogP contribution < -0.4 is 10.2 Å². The van der Waals surface area contributed by atoms with Crippen LogP contribution in [-0.4, -0.2) is 30.1 Å². The number of nitrogens with zero attached hydrogens (tertiary/aromatic N) is 3. The highest BCUT2D eigenvalue weighted by molar-refractivity contribution is 6.28. The Balaban J connectivity index is 2.47. The van der Waals surface area contributed by atoms with Gasteiger partial charge in [0.1, 0.15) is 5.82 Å². The minimum Gasteiger partial charge on any atom is -0.360 e. The molecule has 0 unspecified atom stereocenters. The first kappa shape index (κ1) is 10.6. The molecule has 2 heterocycles. The lowest BCUT2D eigenvalue weighted by Gasteiger charge is -2.24. The fourth-order valence-electron chi connectivity index (χ4n) is 1.76. The van der Waals surface area contributed by atoms with Gasteiger partial charge in [0, 0.05) is 38.7 Å². The van der Waals surface area contributed by atoms with E-state index in [1.807, 2.05) is 7.05 Å². The number of nitrogens with one attached hydrogen (secondary N) is 1. The summed E-state index contributed by atoms with van der Waals surface area (Å²) in [4.78, 5) is 10.7. The van der Waals surface area contributed by atoms with E-state index >= 15 is 0 Å². The molecule has 0 bridgehead atoms. The van der Waals surface area contributed by atoms with Gasteiger partial charge in [0.25, 0.3) is 0 Å².